The number of aryl methyl sites for hydroxylation is 1. The molecule has 0 spiro atoms. The van der Waals surface area contributed by atoms with Gasteiger partial charge in [0.15, 0.2) is 5.82 Å². The zero-order valence-corrected chi connectivity index (χ0v) is 23.5. The lowest BCUT2D eigenvalue weighted by atomic mass is 10.0. The van der Waals surface area contributed by atoms with Gasteiger partial charge in [0.1, 0.15) is 12.2 Å². The lowest BCUT2D eigenvalue weighted by Crippen LogP contribution is -2.41. The van der Waals surface area contributed by atoms with Crippen LogP contribution in [-0.4, -0.2) is 52.3 Å². The second-order valence-electron chi connectivity index (χ2n) is 9.52. The highest BCUT2D eigenvalue weighted by Gasteiger charge is 2.25. The Balaban J connectivity index is 1.74. The predicted octanol–water partition coefficient (Wildman–Crippen LogP) is 4.74. The highest BCUT2D eigenvalue weighted by Crippen LogP contribution is 2.28. The minimum atomic E-state index is -2.89. The summed E-state index contributed by atoms with van der Waals surface area (Å²) in [5.41, 5.74) is 0.926. The average Bonchev–Trinajstić information content (AvgIpc) is 3.47. The van der Waals surface area contributed by atoms with Crippen LogP contribution in [0.2, 0.25) is 5.02 Å². The summed E-state index contributed by atoms with van der Waals surface area (Å²) >= 11 is 9.74. The van der Waals surface area contributed by atoms with Crippen LogP contribution < -0.4 is 10.6 Å². The van der Waals surface area contributed by atoms with E-state index >= 15 is 0 Å². The molecule has 204 valence electrons. The van der Waals surface area contributed by atoms with Crippen LogP contribution >= 0.6 is 27.5 Å². The molecule has 0 atom stereocenters. The number of pyridine rings is 1. The van der Waals surface area contributed by atoms with Gasteiger partial charge in [0.2, 0.25) is 5.82 Å². The Hall–Kier alpha value is -3.78. The summed E-state index contributed by atoms with van der Waals surface area (Å²) < 4.78 is 27.7. The number of hydrogen-bond donors (Lipinski definition) is 2. The number of benzene rings is 1. The molecule has 3 heterocycles. The Morgan fingerprint density at radius 1 is 1.15 bits per heavy atom. The quantitative estimate of drug-likeness (QED) is 0.304. The summed E-state index contributed by atoms with van der Waals surface area (Å²) in [7, 11) is 0. The van der Waals surface area contributed by atoms with Crippen molar-refractivity contribution in [2.45, 2.75) is 46.2 Å². The number of tetrazole rings is 1. The molecule has 0 saturated heterocycles. The molecule has 39 heavy (non-hydrogen) atoms. The molecular weight excluding hydrogens is 600 g/mol. The molecule has 0 aliphatic heterocycles. The van der Waals surface area contributed by atoms with Crippen LogP contribution in [0.25, 0.3) is 5.82 Å². The van der Waals surface area contributed by atoms with Crippen molar-refractivity contribution in [3.8, 4) is 5.82 Å². The molecule has 0 bridgehead atoms. The Morgan fingerprint density at radius 2 is 1.90 bits per heavy atom. The molecule has 0 saturated carbocycles. The minimum Gasteiger partial charge on any atom is -0.347 e. The Kier molecular flexibility index (Phi) is 8.07. The van der Waals surface area contributed by atoms with Crippen molar-refractivity contribution in [1.29, 1.82) is 0 Å². The van der Waals surface area contributed by atoms with Crippen LogP contribution in [0.3, 0.4) is 0 Å². The van der Waals surface area contributed by atoms with Crippen LogP contribution in [0, 0.1) is 6.92 Å². The fourth-order valence-corrected chi connectivity index (χ4v) is 4.37. The van der Waals surface area contributed by atoms with Gasteiger partial charge < -0.3 is 10.6 Å². The maximum absolute atomic E-state index is 13.6. The monoisotopic (exact) mass is 621 g/mol. The zero-order chi connectivity index (χ0) is 28.5. The van der Waals surface area contributed by atoms with Crippen LogP contribution in [0.1, 0.15) is 65.1 Å². The second-order valence-corrected chi connectivity index (χ2v) is 10.8. The molecule has 4 rings (SSSR count). The molecule has 0 fully saturated rings. The number of carbonyl (C=O) groups is 2. The molecule has 11 nitrogen and oxygen atoms in total. The van der Waals surface area contributed by atoms with Gasteiger partial charge in [-0.25, -0.2) is 18.4 Å². The summed E-state index contributed by atoms with van der Waals surface area (Å²) in [6.45, 7) is 7.13. The van der Waals surface area contributed by atoms with Crippen molar-refractivity contribution in [2.24, 2.45) is 0 Å². The van der Waals surface area contributed by atoms with Gasteiger partial charge in [0.25, 0.3) is 11.8 Å². The zero-order valence-electron chi connectivity index (χ0n) is 21.2. The standard InChI is InChI=1S/C24H23BrClF2N9O2/c1-12-8-13(25)9-15(22(38)31-24(2,3)4)18(12)30-23(39)17-10-14(11-36-34-20(19(27)28)32-35-36)33-37(17)21-16(26)6-5-7-29-21/h5-10,19H,11H2,1-4H3,(H,30,39)(H,31,38). The fraction of sp³-hybridized carbons (Fsp3) is 0.292. The largest absolute Gasteiger partial charge is 0.347 e. The molecule has 4 aromatic rings. The predicted molar refractivity (Wildman–Crippen MR) is 142 cm³/mol. The van der Waals surface area contributed by atoms with Gasteiger partial charge in [0.05, 0.1) is 22.0 Å². The number of anilines is 1. The van der Waals surface area contributed by atoms with Crippen molar-refractivity contribution in [3.05, 3.63) is 74.4 Å². The van der Waals surface area contributed by atoms with Crippen molar-refractivity contribution in [3.63, 3.8) is 0 Å². The molecule has 0 unspecified atom stereocenters. The van der Waals surface area contributed by atoms with Crippen molar-refractivity contribution < 1.29 is 18.4 Å². The first kappa shape index (κ1) is 28.2. The van der Waals surface area contributed by atoms with E-state index in [0.717, 1.165) is 4.80 Å². The Labute approximate surface area is 235 Å². The van der Waals surface area contributed by atoms with E-state index in [1.165, 1.54) is 16.9 Å². The maximum Gasteiger partial charge on any atom is 0.301 e. The van der Waals surface area contributed by atoms with E-state index in [2.05, 4.69) is 52.1 Å². The van der Waals surface area contributed by atoms with E-state index in [1.807, 2.05) is 20.8 Å². The van der Waals surface area contributed by atoms with E-state index in [9.17, 15) is 18.4 Å². The number of aromatic nitrogens is 7. The van der Waals surface area contributed by atoms with E-state index in [0.29, 0.717) is 15.7 Å². The minimum absolute atomic E-state index is 0.0179. The second kappa shape index (κ2) is 11.1. The topological polar surface area (TPSA) is 133 Å². The first-order valence-corrected chi connectivity index (χ1v) is 12.7. The van der Waals surface area contributed by atoms with Gasteiger partial charge in [-0.2, -0.15) is 9.90 Å². The molecule has 0 radical (unpaired) electrons. The SMILES string of the molecule is Cc1cc(Br)cc(C(=O)NC(C)(C)C)c1NC(=O)c1cc(Cn2nnc(C(F)F)n2)nn1-c1ncccc1Cl. The summed E-state index contributed by atoms with van der Waals surface area (Å²) in [6, 6.07) is 7.99. The third kappa shape index (κ3) is 6.63. The summed E-state index contributed by atoms with van der Waals surface area (Å²) in [5.74, 6) is -1.57. The highest BCUT2D eigenvalue weighted by molar-refractivity contribution is 9.10. The third-order valence-corrected chi connectivity index (χ3v) is 5.92. The normalized spacial score (nSPS) is 11.6. The van der Waals surface area contributed by atoms with E-state index in [4.69, 9.17) is 11.6 Å². The van der Waals surface area contributed by atoms with Crippen molar-refractivity contribution in [1.82, 2.24) is 40.3 Å². The first-order chi connectivity index (χ1) is 18.3. The molecular formula is C24H23BrClF2N9O2. The number of carbonyl (C=O) groups excluding carboxylic acids is 2. The highest BCUT2D eigenvalue weighted by atomic mass is 79.9. The van der Waals surface area contributed by atoms with Crippen LogP contribution in [0.15, 0.2) is 41.0 Å². The molecule has 3 aromatic heterocycles. The molecule has 0 aliphatic rings. The van der Waals surface area contributed by atoms with Gasteiger partial charge >= 0.3 is 6.43 Å². The van der Waals surface area contributed by atoms with Gasteiger partial charge in [-0.3, -0.25) is 9.59 Å². The lowest BCUT2D eigenvalue weighted by molar-refractivity contribution is 0.0920. The summed E-state index contributed by atoms with van der Waals surface area (Å²) in [5, 5.41) is 20.9. The third-order valence-electron chi connectivity index (χ3n) is 5.17. The van der Waals surface area contributed by atoms with Gasteiger partial charge in [0, 0.05) is 16.2 Å². The molecule has 2 N–H and O–H groups in total. The number of rotatable bonds is 7. The lowest BCUT2D eigenvalue weighted by Gasteiger charge is -2.22. The maximum atomic E-state index is 13.6. The summed E-state index contributed by atoms with van der Waals surface area (Å²) in [4.78, 5) is 31.9. The van der Waals surface area contributed by atoms with E-state index in [1.54, 1.807) is 31.2 Å². The molecule has 2 amide bonds. The van der Waals surface area contributed by atoms with Crippen LogP contribution in [-0.2, 0) is 6.54 Å². The van der Waals surface area contributed by atoms with Crippen molar-refractivity contribution in [2.75, 3.05) is 5.32 Å². The fourth-order valence-electron chi connectivity index (χ4n) is 3.59. The van der Waals surface area contributed by atoms with Crippen LogP contribution in [0.5, 0.6) is 0 Å². The van der Waals surface area contributed by atoms with Crippen molar-refractivity contribution >= 4 is 45.0 Å². The number of amides is 2. The smallest absolute Gasteiger partial charge is 0.301 e. The molecule has 1 aromatic carbocycles. The number of nitrogens with one attached hydrogen (secondary N) is 2. The van der Waals surface area contributed by atoms with Gasteiger partial charge in [-0.15, -0.1) is 10.2 Å². The number of nitrogens with zero attached hydrogens (tertiary/aromatic N) is 7. The Morgan fingerprint density at radius 3 is 2.54 bits per heavy atom. The number of alkyl halides is 2. The average molecular weight is 623 g/mol. The Bertz CT molecular complexity index is 1550. The number of halogens is 4. The van der Waals surface area contributed by atoms with E-state index in [-0.39, 0.29) is 40.2 Å². The molecule has 0 aliphatic carbocycles. The van der Waals surface area contributed by atoms with Gasteiger partial charge in [-0.05, 0) is 68.8 Å². The summed E-state index contributed by atoms with van der Waals surface area (Å²) in [6.07, 6.45) is -1.41. The van der Waals surface area contributed by atoms with Crippen LogP contribution in [0.4, 0.5) is 14.5 Å². The van der Waals surface area contributed by atoms with E-state index < -0.39 is 23.7 Å². The number of hydrogen-bond acceptors (Lipinski definition) is 7. The molecule has 15 heteroatoms. The first-order valence-electron chi connectivity index (χ1n) is 11.5. The van der Waals surface area contributed by atoms with Gasteiger partial charge in [-0.1, -0.05) is 27.5 Å².